The zero-order valence-electron chi connectivity index (χ0n) is 9.25. The average molecular weight is 204 g/mol. The van der Waals surface area contributed by atoms with Gasteiger partial charge in [0.1, 0.15) is 5.75 Å². The van der Waals surface area contributed by atoms with E-state index >= 15 is 0 Å². The topological polar surface area (TPSA) is 26.3 Å². The molecule has 0 N–H and O–H groups in total. The van der Waals surface area contributed by atoms with Crippen LogP contribution in [0.1, 0.15) is 48.0 Å². The third-order valence-corrected chi connectivity index (χ3v) is 3.07. The van der Waals surface area contributed by atoms with Crippen LogP contribution in [0.5, 0.6) is 5.75 Å². The van der Waals surface area contributed by atoms with Crippen LogP contribution in [0.2, 0.25) is 0 Å². The minimum Gasteiger partial charge on any atom is -0.497 e. The maximum absolute atomic E-state index is 11.8. The molecule has 1 aliphatic rings. The molecule has 1 atom stereocenters. The van der Waals surface area contributed by atoms with Gasteiger partial charge in [-0.3, -0.25) is 4.79 Å². The van der Waals surface area contributed by atoms with E-state index in [1.54, 1.807) is 7.11 Å². The number of methoxy groups -OCH3 is 1. The summed E-state index contributed by atoms with van der Waals surface area (Å²) in [5.74, 6) is 1.48. The summed E-state index contributed by atoms with van der Waals surface area (Å²) in [4.78, 5) is 11.8. The second-order valence-electron chi connectivity index (χ2n) is 4.07. The Kier molecular flexibility index (Phi) is 2.76. The highest BCUT2D eigenvalue weighted by Gasteiger charge is 2.28. The molecule has 0 aliphatic heterocycles. The zero-order chi connectivity index (χ0) is 10.8. The lowest BCUT2D eigenvalue weighted by molar-refractivity contribution is 0.0988. The Morgan fingerprint density at radius 1 is 1.47 bits per heavy atom. The van der Waals surface area contributed by atoms with Crippen LogP contribution in [0.4, 0.5) is 0 Å². The van der Waals surface area contributed by atoms with Crippen molar-refractivity contribution in [3.8, 4) is 5.75 Å². The molecule has 0 spiro atoms. The molecule has 1 aromatic carbocycles. The maximum Gasteiger partial charge on any atom is 0.163 e. The number of carbonyl (C=O) groups excluding carboxylic acids is 1. The van der Waals surface area contributed by atoms with Crippen LogP contribution in [0.15, 0.2) is 18.2 Å². The van der Waals surface area contributed by atoms with Crippen molar-refractivity contribution in [3.63, 3.8) is 0 Å². The summed E-state index contributed by atoms with van der Waals surface area (Å²) < 4.78 is 5.13. The number of rotatable bonds is 3. The van der Waals surface area contributed by atoms with Crippen molar-refractivity contribution in [3.05, 3.63) is 29.3 Å². The highest BCUT2D eigenvalue weighted by molar-refractivity contribution is 6.01. The van der Waals surface area contributed by atoms with Crippen molar-refractivity contribution < 1.29 is 9.53 Å². The molecular weight excluding hydrogens is 188 g/mol. The normalized spacial score (nSPS) is 19.1. The van der Waals surface area contributed by atoms with Gasteiger partial charge in [-0.1, -0.05) is 19.4 Å². The summed E-state index contributed by atoms with van der Waals surface area (Å²) in [6.07, 6.45) is 2.91. The lowest BCUT2D eigenvalue weighted by Crippen LogP contribution is -1.92. The summed E-state index contributed by atoms with van der Waals surface area (Å²) >= 11 is 0. The molecule has 0 aromatic heterocycles. The van der Waals surface area contributed by atoms with Gasteiger partial charge in [-0.05, 0) is 30.0 Å². The lowest BCUT2D eigenvalue weighted by atomic mass is 9.97. The van der Waals surface area contributed by atoms with Crippen molar-refractivity contribution in [1.82, 2.24) is 0 Å². The van der Waals surface area contributed by atoms with Crippen molar-refractivity contribution in [2.75, 3.05) is 7.11 Å². The van der Waals surface area contributed by atoms with Gasteiger partial charge in [-0.15, -0.1) is 0 Å². The quantitative estimate of drug-likeness (QED) is 0.756. The van der Waals surface area contributed by atoms with Crippen molar-refractivity contribution in [2.24, 2.45) is 0 Å². The minimum atomic E-state index is 0.266. The molecule has 0 saturated heterocycles. The van der Waals surface area contributed by atoms with Gasteiger partial charge in [0.2, 0.25) is 0 Å². The lowest BCUT2D eigenvalue weighted by Gasteiger charge is -2.09. The highest BCUT2D eigenvalue weighted by atomic mass is 16.5. The van der Waals surface area contributed by atoms with Crippen LogP contribution in [-0.2, 0) is 0 Å². The summed E-state index contributed by atoms with van der Waals surface area (Å²) in [5, 5.41) is 0. The van der Waals surface area contributed by atoms with Crippen LogP contribution in [-0.4, -0.2) is 12.9 Å². The van der Waals surface area contributed by atoms with Gasteiger partial charge in [0.15, 0.2) is 5.78 Å². The Morgan fingerprint density at radius 3 is 2.93 bits per heavy atom. The van der Waals surface area contributed by atoms with Gasteiger partial charge in [-0.2, -0.15) is 0 Å². The van der Waals surface area contributed by atoms with E-state index in [2.05, 4.69) is 6.92 Å². The molecule has 0 heterocycles. The SMILES string of the molecule is CCCC1CC(=O)c2cc(OC)ccc21. The third kappa shape index (κ3) is 1.76. The number of ether oxygens (including phenoxy) is 1. The molecule has 0 radical (unpaired) electrons. The Hall–Kier alpha value is -1.31. The van der Waals surface area contributed by atoms with E-state index < -0.39 is 0 Å². The summed E-state index contributed by atoms with van der Waals surface area (Å²) in [6, 6.07) is 5.85. The first kappa shape index (κ1) is 10.2. The van der Waals surface area contributed by atoms with E-state index in [1.165, 1.54) is 5.56 Å². The van der Waals surface area contributed by atoms with Crippen LogP contribution >= 0.6 is 0 Å². The predicted molar refractivity (Wildman–Crippen MR) is 59.6 cm³/mol. The van der Waals surface area contributed by atoms with Gasteiger partial charge in [0.05, 0.1) is 7.11 Å². The molecule has 0 bridgehead atoms. The highest BCUT2D eigenvalue weighted by Crippen LogP contribution is 2.37. The van der Waals surface area contributed by atoms with Crippen molar-refractivity contribution in [2.45, 2.75) is 32.1 Å². The number of hydrogen-bond donors (Lipinski definition) is 0. The monoisotopic (exact) mass is 204 g/mol. The maximum atomic E-state index is 11.8. The van der Waals surface area contributed by atoms with Crippen molar-refractivity contribution >= 4 is 5.78 Å². The molecule has 0 amide bonds. The van der Waals surface area contributed by atoms with E-state index in [0.717, 1.165) is 24.2 Å². The molecule has 0 fully saturated rings. The Labute approximate surface area is 90.3 Å². The first-order valence-electron chi connectivity index (χ1n) is 5.47. The van der Waals surface area contributed by atoms with Gasteiger partial charge < -0.3 is 4.74 Å². The van der Waals surface area contributed by atoms with Gasteiger partial charge >= 0.3 is 0 Å². The fourth-order valence-electron chi connectivity index (χ4n) is 2.31. The van der Waals surface area contributed by atoms with Crippen LogP contribution in [0.25, 0.3) is 0 Å². The standard InChI is InChI=1S/C13H16O2/c1-3-4-9-7-13(14)12-8-10(15-2)5-6-11(9)12/h5-6,8-9H,3-4,7H2,1-2H3. The number of carbonyl (C=O) groups is 1. The van der Waals surface area contributed by atoms with Crippen LogP contribution < -0.4 is 4.74 Å². The molecule has 80 valence electrons. The van der Waals surface area contributed by atoms with E-state index in [0.29, 0.717) is 12.3 Å². The van der Waals surface area contributed by atoms with Crippen LogP contribution in [0.3, 0.4) is 0 Å². The Balaban J connectivity index is 2.36. The minimum absolute atomic E-state index is 0.266. The second-order valence-corrected chi connectivity index (χ2v) is 4.07. The van der Waals surface area contributed by atoms with E-state index in [4.69, 9.17) is 4.74 Å². The number of fused-ring (bicyclic) bond motifs is 1. The first-order chi connectivity index (χ1) is 7.26. The molecule has 2 heteroatoms. The molecule has 1 aromatic rings. The first-order valence-corrected chi connectivity index (χ1v) is 5.47. The van der Waals surface area contributed by atoms with E-state index in [-0.39, 0.29) is 5.78 Å². The largest absolute Gasteiger partial charge is 0.497 e. The van der Waals surface area contributed by atoms with Gasteiger partial charge in [0, 0.05) is 12.0 Å². The molecule has 2 rings (SSSR count). The van der Waals surface area contributed by atoms with Crippen molar-refractivity contribution in [1.29, 1.82) is 0 Å². The number of hydrogen-bond acceptors (Lipinski definition) is 2. The zero-order valence-corrected chi connectivity index (χ0v) is 9.25. The molecule has 0 saturated carbocycles. The third-order valence-electron chi connectivity index (χ3n) is 3.07. The molecule has 2 nitrogen and oxygen atoms in total. The Bertz CT molecular complexity index is 382. The average Bonchev–Trinajstić information content (AvgIpc) is 2.56. The predicted octanol–water partition coefficient (Wildman–Crippen LogP) is 3.17. The summed E-state index contributed by atoms with van der Waals surface area (Å²) in [6.45, 7) is 2.16. The smallest absolute Gasteiger partial charge is 0.163 e. The number of benzene rings is 1. The Morgan fingerprint density at radius 2 is 2.27 bits per heavy atom. The fraction of sp³-hybridized carbons (Fsp3) is 0.462. The molecule has 1 unspecified atom stereocenters. The van der Waals surface area contributed by atoms with Gasteiger partial charge in [-0.25, -0.2) is 0 Å². The molecule has 1 aliphatic carbocycles. The van der Waals surface area contributed by atoms with Crippen LogP contribution in [0, 0.1) is 0 Å². The second kappa shape index (κ2) is 4.05. The summed E-state index contributed by atoms with van der Waals surface area (Å²) in [7, 11) is 1.63. The number of Topliss-reactive ketones (excluding diaryl/α,β-unsaturated/α-hetero) is 1. The van der Waals surface area contributed by atoms with Gasteiger partial charge in [0.25, 0.3) is 0 Å². The fourth-order valence-corrected chi connectivity index (χ4v) is 2.31. The summed E-state index contributed by atoms with van der Waals surface area (Å²) in [5.41, 5.74) is 2.08. The molecular formula is C13H16O2. The van der Waals surface area contributed by atoms with E-state index in [1.807, 2.05) is 18.2 Å². The van der Waals surface area contributed by atoms with E-state index in [9.17, 15) is 4.79 Å². The molecule has 15 heavy (non-hydrogen) atoms. The number of ketones is 1.